The average molecular weight is 464 g/mol. The van der Waals surface area contributed by atoms with Gasteiger partial charge in [-0.2, -0.15) is 4.31 Å². The monoisotopic (exact) mass is 463 g/mol. The van der Waals surface area contributed by atoms with Gasteiger partial charge in [0.05, 0.1) is 18.1 Å². The van der Waals surface area contributed by atoms with Gasteiger partial charge in [-0.15, -0.1) is 0 Å². The van der Waals surface area contributed by atoms with Crippen molar-refractivity contribution >= 4 is 21.6 Å². The molecule has 2 heterocycles. The summed E-state index contributed by atoms with van der Waals surface area (Å²) in [6.45, 7) is 2.00. The van der Waals surface area contributed by atoms with Crippen LogP contribution in [0.2, 0.25) is 0 Å². The highest BCUT2D eigenvalue weighted by molar-refractivity contribution is 7.89. The maximum Gasteiger partial charge on any atom is 0.256 e. The van der Waals surface area contributed by atoms with E-state index in [2.05, 4.69) is 5.32 Å². The van der Waals surface area contributed by atoms with Gasteiger partial charge in [-0.1, -0.05) is 48.5 Å². The molecular weight excluding hydrogens is 438 g/mol. The van der Waals surface area contributed by atoms with Crippen molar-refractivity contribution in [3.8, 4) is 0 Å². The molecule has 0 aromatic heterocycles. The van der Waals surface area contributed by atoms with Gasteiger partial charge >= 0.3 is 0 Å². The first-order valence-electron chi connectivity index (χ1n) is 10.9. The number of ether oxygens (including phenoxy) is 1. The maximum absolute atomic E-state index is 13.2. The van der Waals surface area contributed by atoms with Crippen LogP contribution >= 0.6 is 0 Å². The van der Waals surface area contributed by atoms with Gasteiger partial charge in [-0.25, -0.2) is 8.42 Å². The molecule has 0 spiro atoms. The molecular formula is C25H25N3O4S. The number of rotatable bonds is 6. The summed E-state index contributed by atoms with van der Waals surface area (Å²) in [7, 11) is -3.55. The van der Waals surface area contributed by atoms with Crippen LogP contribution in [0.3, 0.4) is 0 Å². The van der Waals surface area contributed by atoms with Gasteiger partial charge in [0.15, 0.2) is 0 Å². The van der Waals surface area contributed by atoms with E-state index in [0.717, 1.165) is 16.8 Å². The van der Waals surface area contributed by atoms with E-state index in [1.54, 1.807) is 29.2 Å². The largest absolute Gasteiger partial charge is 0.379 e. The Bertz CT molecular complexity index is 1240. The Morgan fingerprint density at radius 3 is 2.27 bits per heavy atom. The van der Waals surface area contributed by atoms with Gasteiger partial charge in [-0.3, -0.25) is 4.79 Å². The van der Waals surface area contributed by atoms with Crippen molar-refractivity contribution in [3.63, 3.8) is 0 Å². The molecule has 2 aliphatic rings. The van der Waals surface area contributed by atoms with Crippen LogP contribution < -0.4 is 5.32 Å². The summed E-state index contributed by atoms with van der Waals surface area (Å²) >= 11 is 0. The number of anilines is 1. The molecule has 1 atom stereocenters. The van der Waals surface area contributed by atoms with E-state index in [1.807, 2.05) is 54.6 Å². The first kappa shape index (κ1) is 21.6. The van der Waals surface area contributed by atoms with E-state index in [-0.39, 0.29) is 17.0 Å². The predicted molar refractivity (Wildman–Crippen MR) is 125 cm³/mol. The summed E-state index contributed by atoms with van der Waals surface area (Å²) in [6, 6.07) is 24.2. The van der Waals surface area contributed by atoms with Crippen LogP contribution in [0.15, 0.2) is 83.8 Å². The van der Waals surface area contributed by atoms with Crippen molar-refractivity contribution < 1.29 is 17.9 Å². The Labute approximate surface area is 193 Å². The van der Waals surface area contributed by atoms with Crippen molar-refractivity contribution in [2.75, 3.05) is 31.6 Å². The first-order valence-corrected chi connectivity index (χ1v) is 12.4. The molecule has 7 nitrogen and oxygen atoms in total. The van der Waals surface area contributed by atoms with E-state index in [9.17, 15) is 13.2 Å². The number of benzene rings is 3. The zero-order valence-electron chi connectivity index (χ0n) is 18.1. The van der Waals surface area contributed by atoms with Gasteiger partial charge in [0.1, 0.15) is 6.17 Å². The highest BCUT2D eigenvalue weighted by Gasteiger charge is 2.36. The minimum atomic E-state index is -3.55. The quantitative estimate of drug-likeness (QED) is 0.606. The number of morpholine rings is 1. The van der Waals surface area contributed by atoms with Crippen LogP contribution in [0.25, 0.3) is 0 Å². The smallest absolute Gasteiger partial charge is 0.256 e. The van der Waals surface area contributed by atoms with Gasteiger partial charge in [0, 0.05) is 36.4 Å². The highest BCUT2D eigenvalue weighted by atomic mass is 32.2. The molecule has 170 valence electrons. The lowest BCUT2D eigenvalue weighted by atomic mass is 10.1. The summed E-state index contributed by atoms with van der Waals surface area (Å²) < 4.78 is 32.5. The zero-order chi connectivity index (χ0) is 22.8. The molecule has 33 heavy (non-hydrogen) atoms. The van der Waals surface area contributed by atoms with Gasteiger partial charge in [0.2, 0.25) is 10.0 Å². The summed E-state index contributed by atoms with van der Waals surface area (Å²) in [6.07, 6.45) is -0.351. The molecule has 0 bridgehead atoms. The lowest BCUT2D eigenvalue weighted by Crippen LogP contribution is -2.40. The number of fused-ring (bicyclic) bond motifs is 1. The van der Waals surface area contributed by atoms with Crippen LogP contribution in [0.1, 0.15) is 27.7 Å². The highest BCUT2D eigenvalue weighted by Crippen LogP contribution is 2.35. The number of carbonyl (C=O) groups is 1. The number of nitrogens with one attached hydrogen (secondary N) is 1. The summed E-state index contributed by atoms with van der Waals surface area (Å²) in [5.74, 6) is -0.0292. The van der Waals surface area contributed by atoms with Crippen LogP contribution in [0, 0.1) is 0 Å². The van der Waals surface area contributed by atoms with Gasteiger partial charge in [0.25, 0.3) is 5.91 Å². The second-order valence-corrected chi connectivity index (χ2v) is 10.0. The lowest BCUT2D eigenvalue weighted by Gasteiger charge is -2.28. The fraction of sp³-hybridized carbons (Fsp3) is 0.240. The fourth-order valence-corrected chi connectivity index (χ4v) is 5.69. The first-order chi connectivity index (χ1) is 16.0. The third-order valence-electron chi connectivity index (χ3n) is 6.02. The summed E-state index contributed by atoms with van der Waals surface area (Å²) in [4.78, 5) is 15.2. The Balaban J connectivity index is 1.40. The Morgan fingerprint density at radius 2 is 1.55 bits per heavy atom. The Kier molecular flexibility index (Phi) is 5.88. The van der Waals surface area contributed by atoms with Crippen LogP contribution in [0.5, 0.6) is 0 Å². The molecule has 0 saturated carbocycles. The van der Waals surface area contributed by atoms with Crippen LogP contribution in [-0.2, 0) is 21.3 Å². The van der Waals surface area contributed by atoms with E-state index < -0.39 is 10.0 Å². The number of hydrogen-bond donors (Lipinski definition) is 1. The van der Waals surface area contributed by atoms with Gasteiger partial charge in [-0.05, 0) is 35.9 Å². The van der Waals surface area contributed by atoms with Crippen molar-refractivity contribution in [3.05, 3.63) is 95.6 Å². The Hall–Kier alpha value is -3.20. The second kappa shape index (κ2) is 8.97. The van der Waals surface area contributed by atoms with E-state index in [4.69, 9.17) is 4.74 Å². The van der Waals surface area contributed by atoms with E-state index in [0.29, 0.717) is 38.4 Å². The molecule has 2 aliphatic heterocycles. The zero-order valence-corrected chi connectivity index (χ0v) is 18.9. The molecule has 0 radical (unpaired) electrons. The Morgan fingerprint density at radius 1 is 0.879 bits per heavy atom. The van der Waals surface area contributed by atoms with Crippen molar-refractivity contribution in [2.24, 2.45) is 0 Å². The molecule has 8 heteroatoms. The number of hydrogen-bond acceptors (Lipinski definition) is 5. The normalized spacial score (nSPS) is 18.8. The van der Waals surface area contributed by atoms with Crippen LogP contribution in [0.4, 0.5) is 5.69 Å². The SMILES string of the molecule is O=C1c2ccccc2[C@@H](Nc2ccc(S(=O)(=O)N3CCOCC3)cc2)N1Cc1ccccc1. The topological polar surface area (TPSA) is 79.0 Å². The third-order valence-corrected chi connectivity index (χ3v) is 7.93. The maximum atomic E-state index is 13.2. The van der Waals surface area contributed by atoms with Crippen molar-refractivity contribution in [1.82, 2.24) is 9.21 Å². The summed E-state index contributed by atoms with van der Waals surface area (Å²) in [5, 5.41) is 3.43. The molecule has 0 aliphatic carbocycles. The molecule has 5 rings (SSSR count). The summed E-state index contributed by atoms with van der Waals surface area (Å²) in [5.41, 5.74) is 3.36. The molecule has 1 amide bonds. The number of carbonyl (C=O) groups excluding carboxylic acids is 1. The number of nitrogens with zero attached hydrogens (tertiary/aromatic N) is 2. The molecule has 3 aromatic rings. The average Bonchev–Trinajstić information content (AvgIpc) is 3.12. The fourth-order valence-electron chi connectivity index (χ4n) is 4.29. The third kappa shape index (κ3) is 4.25. The lowest BCUT2D eigenvalue weighted by molar-refractivity contribution is 0.0728. The van der Waals surface area contributed by atoms with E-state index >= 15 is 0 Å². The minimum absolute atomic E-state index is 0.0292. The molecule has 3 aromatic carbocycles. The van der Waals surface area contributed by atoms with Crippen LogP contribution in [-0.4, -0.2) is 49.8 Å². The predicted octanol–water partition coefficient (Wildman–Crippen LogP) is 3.47. The minimum Gasteiger partial charge on any atom is -0.379 e. The standard InChI is InChI=1S/C25H25N3O4S/c29-25-23-9-5-4-8-22(23)24(28(25)18-19-6-2-1-3-7-19)26-20-10-12-21(13-11-20)33(30,31)27-14-16-32-17-15-27/h1-13,24,26H,14-18H2/t24-/m0/s1. The number of amides is 1. The molecule has 1 fully saturated rings. The molecule has 1 saturated heterocycles. The molecule has 0 unspecified atom stereocenters. The van der Waals surface area contributed by atoms with E-state index in [1.165, 1.54) is 4.31 Å². The van der Waals surface area contributed by atoms with Crippen molar-refractivity contribution in [1.29, 1.82) is 0 Å². The van der Waals surface area contributed by atoms with Gasteiger partial charge < -0.3 is 15.0 Å². The van der Waals surface area contributed by atoms with Crippen molar-refractivity contribution in [2.45, 2.75) is 17.6 Å². The second-order valence-electron chi connectivity index (χ2n) is 8.09. The molecule has 1 N–H and O–H groups in total. The number of sulfonamides is 1.